The van der Waals surface area contributed by atoms with Crippen molar-refractivity contribution in [3.63, 3.8) is 0 Å². The molecule has 0 N–H and O–H groups in total. The van der Waals surface area contributed by atoms with Gasteiger partial charge in [0.05, 0.1) is 18.1 Å². The average Bonchev–Trinajstić information content (AvgIpc) is 3.14. The van der Waals surface area contributed by atoms with Crippen LogP contribution in [0.15, 0.2) is 48.5 Å². The Morgan fingerprint density at radius 3 is 2.50 bits per heavy atom. The second-order valence-electron chi connectivity index (χ2n) is 8.41. The lowest BCUT2D eigenvalue weighted by Crippen LogP contribution is -2.40. The summed E-state index contributed by atoms with van der Waals surface area (Å²) in [5, 5.41) is 0.588. The molecule has 5 nitrogen and oxygen atoms in total. The quantitative estimate of drug-likeness (QED) is 0.400. The zero-order chi connectivity index (χ0) is 23.0. The first-order valence-electron chi connectivity index (χ1n) is 11.4. The van der Waals surface area contributed by atoms with Crippen LogP contribution < -0.4 is 4.74 Å². The fourth-order valence-corrected chi connectivity index (χ4v) is 5.92. The third-order valence-corrected chi connectivity index (χ3v) is 7.76. The van der Waals surface area contributed by atoms with Gasteiger partial charge in [0, 0.05) is 23.2 Å². The molecular weight excluding hydrogens is 446 g/mol. The number of amides is 1. The molecule has 1 fully saturated rings. The van der Waals surface area contributed by atoms with E-state index in [1.807, 2.05) is 30.3 Å². The van der Waals surface area contributed by atoms with Crippen molar-refractivity contribution in [3.05, 3.63) is 64.7 Å². The highest BCUT2D eigenvalue weighted by atomic mass is 35.5. The maximum Gasteiger partial charge on any atom is 0.254 e. The molecule has 1 amide bonds. The van der Waals surface area contributed by atoms with Gasteiger partial charge in [-0.3, -0.25) is 4.79 Å². The van der Waals surface area contributed by atoms with Gasteiger partial charge in [0.25, 0.3) is 5.91 Å². The van der Waals surface area contributed by atoms with Crippen molar-refractivity contribution in [1.29, 1.82) is 0 Å². The minimum absolute atomic E-state index is 0.00146. The molecule has 3 rings (SSSR count). The van der Waals surface area contributed by atoms with Gasteiger partial charge < -0.3 is 9.64 Å². The number of benzene rings is 2. The SMILES string of the molecule is CCCCCCCOc1ccc(C(=O)N(Cc2cccc(Cl)c2)C2CCS(=O)(=O)C2)cc1. The van der Waals surface area contributed by atoms with E-state index in [0.717, 1.165) is 24.2 Å². The van der Waals surface area contributed by atoms with Crippen LogP contribution in [-0.4, -0.2) is 43.4 Å². The molecule has 1 unspecified atom stereocenters. The van der Waals surface area contributed by atoms with Crippen LogP contribution >= 0.6 is 11.6 Å². The Balaban J connectivity index is 1.67. The zero-order valence-corrected chi connectivity index (χ0v) is 20.2. The van der Waals surface area contributed by atoms with E-state index < -0.39 is 9.84 Å². The highest BCUT2D eigenvalue weighted by Gasteiger charge is 2.35. The molecule has 1 saturated heterocycles. The zero-order valence-electron chi connectivity index (χ0n) is 18.6. The summed E-state index contributed by atoms with van der Waals surface area (Å²) >= 11 is 6.11. The van der Waals surface area contributed by atoms with E-state index in [2.05, 4.69) is 6.92 Å². The van der Waals surface area contributed by atoms with Gasteiger partial charge in [-0.1, -0.05) is 56.3 Å². The number of halogens is 1. The van der Waals surface area contributed by atoms with Crippen molar-refractivity contribution >= 4 is 27.3 Å². The molecule has 174 valence electrons. The average molecular weight is 478 g/mol. The fourth-order valence-electron chi connectivity index (χ4n) is 3.98. The molecule has 1 aliphatic rings. The lowest BCUT2D eigenvalue weighted by atomic mass is 10.1. The molecule has 7 heteroatoms. The van der Waals surface area contributed by atoms with E-state index in [1.165, 1.54) is 19.3 Å². The van der Waals surface area contributed by atoms with Crippen LogP contribution in [0.3, 0.4) is 0 Å². The molecular formula is C25H32ClNO4S. The third-order valence-electron chi connectivity index (χ3n) is 5.77. The number of hydrogen-bond acceptors (Lipinski definition) is 4. The monoisotopic (exact) mass is 477 g/mol. The largest absolute Gasteiger partial charge is 0.494 e. The van der Waals surface area contributed by atoms with Crippen LogP contribution in [0.5, 0.6) is 5.75 Å². The summed E-state index contributed by atoms with van der Waals surface area (Å²) in [4.78, 5) is 15.0. The molecule has 1 aliphatic heterocycles. The molecule has 2 aromatic carbocycles. The summed E-state index contributed by atoms with van der Waals surface area (Å²) in [6.07, 6.45) is 6.33. The number of unbranched alkanes of at least 4 members (excludes halogenated alkanes) is 4. The van der Waals surface area contributed by atoms with Gasteiger partial charge in [-0.25, -0.2) is 8.42 Å². The number of rotatable bonds is 11. The van der Waals surface area contributed by atoms with Crippen LogP contribution in [0.4, 0.5) is 0 Å². The number of ether oxygens (including phenoxy) is 1. The molecule has 0 saturated carbocycles. The molecule has 0 spiro atoms. The molecule has 0 aliphatic carbocycles. The molecule has 0 bridgehead atoms. The summed E-state index contributed by atoms with van der Waals surface area (Å²) < 4.78 is 29.9. The first-order chi connectivity index (χ1) is 15.4. The van der Waals surface area contributed by atoms with Crippen LogP contribution in [0.1, 0.15) is 61.4 Å². The van der Waals surface area contributed by atoms with E-state index in [9.17, 15) is 13.2 Å². The molecule has 2 aromatic rings. The summed E-state index contributed by atoms with van der Waals surface area (Å²) in [7, 11) is -3.12. The van der Waals surface area contributed by atoms with Crippen molar-refractivity contribution in [2.75, 3.05) is 18.1 Å². The summed E-state index contributed by atoms with van der Waals surface area (Å²) in [6, 6.07) is 14.1. The molecule has 0 aromatic heterocycles. The van der Waals surface area contributed by atoms with Gasteiger partial charge in [0.2, 0.25) is 0 Å². The van der Waals surface area contributed by atoms with Crippen LogP contribution in [0.2, 0.25) is 5.02 Å². The number of carbonyl (C=O) groups excluding carboxylic acids is 1. The normalized spacial score (nSPS) is 17.2. The van der Waals surface area contributed by atoms with E-state index in [1.54, 1.807) is 23.1 Å². The Bertz CT molecular complexity index is 991. The number of hydrogen-bond donors (Lipinski definition) is 0. The number of carbonyl (C=O) groups is 1. The highest BCUT2D eigenvalue weighted by molar-refractivity contribution is 7.91. The van der Waals surface area contributed by atoms with Gasteiger partial charge >= 0.3 is 0 Å². The molecule has 1 heterocycles. The topological polar surface area (TPSA) is 63.7 Å². The Hall–Kier alpha value is -2.05. The first-order valence-corrected chi connectivity index (χ1v) is 13.6. The van der Waals surface area contributed by atoms with Gasteiger partial charge in [-0.2, -0.15) is 0 Å². The Labute approximate surface area is 196 Å². The van der Waals surface area contributed by atoms with Gasteiger partial charge in [-0.15, -0.1) is 0 Å². The second-order valence-corrected chi connectivity index (χ2v) is 11.1. The van der Waals surface area contributed by atoms with E-state index in [-0.39, 0.29) is 23.5 Å². The number of nitrogens with zero attached hydrogens (tertiary/aromatic N) is 1. The summed E-state index contributed by atoms with van der Waals surface area (Å²) in [5.74, 6) is 0.667. The Morgan fingerprint density at radius 2 is 1.84 bits per heavy atom. The van der Waals surface area contributed by atoms with Crippen molar-refractivity contribution in [2.45, 2.75) is 58.0 Å². The maximum absolute atomic E-state index is 13.4. The van der Waals surface area contributed by atoms with Gasteiger partial charge in [-0.05, 0) is 54.8 Å². The highest BCUT2D eigenvalue weighted by Crippen LogP contribution is 2.24. The first kappa shape index (κ1) is 24.6. The summed E-state index contributed by atoms with van der Waals surface area (Å²) in [6.45, 7) is 3.18. The minimum atomic E-state index is -3.12. The van der Waals surface area contributed by atoms with E-state index in [0.29, 0.717) is 30.2 Å². The molecule has 1 atom stereocenters. The second kappa shape index (κ2) is 11.7. The summed E-state index contributed by atoms with van der Waals surface area (Å²) in [5.41, 5.74) is 1.39. The Morgan fingerprint density at radius 1 is 1.09 bits per heavy atom. The van der Waals surface area contributed by atoms with E-state index in [4.69, 9.17) is 16.3 Å². The Kier molecular flexibility index (Phi) is 9.00. The number of sulfone groups is 1. The molecule has 32 heavy (non-hydrogen) atoms. The van der Waals surface area contributed by atoms with Crippen LogP contribution in [-0.2, 0) is 16.4 Å². The van der Waals surface area contributed by atoms with Crippen LogP contribution in [0, 0.1) is 0 Å². The van der Waals surface area contributed by atoms with Gasteiger partial charge in [0.1, 0.15) is 5.75 Å². The minimum Gasteiger partial charge on any atom is -0.494 e. The van der Waals surface area contributed by atoms with E-state index >= 15 is 0 Å². The third kappa shape index (κ3) is 7.24. The lowest BCUT2D eigenvalue weighted by molar-refractivity contribution is 0.0681. The van der Waals surface area contributed by atoms with Gasteiger partial charge in [0.15, 0.2) is 9.84 Å². The molecule has 0 radical (unpaired) electrons. The van der Waals surface area contributed by atoms with Crippen molar-refractivity contribution in [2.24, 2.45) is 0 Å². The lowest BCUT2D eigenvalue weighted by Gasteiger charge is -2.28. The smallest absolute Gasteiger partial charge is 0.254 e. The van der Waals surface area contributed by atoms with Crippen molar-refractivity contribution < 1.29 is 17.9 Å². The fraction of sp³-hybridized carbons (Fsp3) is 0.480. The van der Waals surface area contributed by atoms with Crippen molar-refractivity contribution in [1.82, 2.24) is 4.90 Å². The predicted molar refractivity (Wildman–Crippen MR) is 129 cm³/mol. The van der Waals surface area contributed by atoms with Crippen molar-refractivity contribution in [3.8, 4) is 5.75 Å². The standard InChI is InChI=1S/C25H32ClNO4S/c1-2-3-4-5-6-15-31-24-12-10-21(11-13-24)25(28)27(23-14-16-32(29,30)19-23)18-20-8-7-9-22(26)17-20/h7-13,17,23H,2-6,14-16,18-19H2,1H3. The predicted octanol–water partition coefficient (Wildman–Crippen LogP) is 5.52. The maximum atomic E-state index is 13.4. The van der Waals surface area contributed by atoms with Crippen LogP contribution in [0.25, 0.3) is 0 Å².